The molecule has 0 amide bonds. The molecule has 0 aromatic heterocycles. The van der Waals surface area contributed by atoms with Crippen molar-refractivity contribution in [3.8, 4) is 0 Å². The van der Waals surface area contributed by atoms with Crippen LogP contribution < -0.4 is 0 Å². The van der Waals surface area contributed by atoms with Crippen LogP contribution in [0.2, 0.25) is 0 Å². The van der Waals surface area contributed by atoms with Crippen LogP contribution in [0.3, 0.4) is 0 Å². The fraction of sp³-hybridized carbons (Fsp3) is 0.658. The van der Waals surface area contributed by atoms with E-state index in [9.17, 15) is 15.0 Å². The molecule has 8 rings (SSSR count). The number of ether oxygens (including phenoxy) is 2. The van der Waals surface area contributed by atoms with Crippen LogP contribution in [0, 0.1) is 50.7 Å². The summed E-state index contributed by atoms with van der Waals surface area (Å²) in [5.41, 5.74) is 3.38. The largest absolute Gasteiger partial charge is 0.458 e. The number of aliphatic hydroxyl groups excluding tert-OH is 2. The van der Waals surface area contributed by atoms with Gasteiger partial charge in [-0.1, -0.05) is 74.9 Å². The normalized spacial score (nSPS) is 51.4. The Labute approximate surface area is 256 Å². The van der Waals surface area contributed by atoms with Crippen molar-refractivity contribution in [2.75, 3.05) is 13.2 Å². The van der Waals surface area contributed by atoms with Crippen LogP contribution in [-0.4, -0.2) is 41.6 Å². The summed E-state index contributed by atoms with van der Waals surface area (Å²) in [6.07, 6.45) is 15.6. The predicted molar refractivity (Wildman–Crippen MR) is 165 cm³/mol. The maximum atomic E-state index is 13.2. The van der Waals surface area contributed by atoms with Crippen molar-refractivity contribution in [3.05, 3.63) is 71.3 Å². The van der Waals surface area contributed by atoms with Gasteiger partial charge in [0.15, 0.2) is 0 Å². The Morgan fingerprint density at radius 3 is 2.70 bits per heavy atom. The number of hydrogen-bond acceptors (Lipinski definition) is 5. The molecule has 0 radical (unpaired) electrons. The number of benzene rings is 1. The zero-order valence-electron chi connectivity index (χ0n) is 26.2. The molecule has 7 aliphatic rings. The van der Waals surface area contributed by atoms with E-state index in [0.717, 1.165) is 44.1 Å². The maximum absolute atomic E-state index is 13.2. The van der Waals surface area contributed by atoms with Gasteiger partial charge in [-0.2, -0.15) is 0 Å². The molecular weight excluding hydrogens is 536 g/mol. The SMILES string of the molecule is C/C(=C\[C@@H]1C[C@H]([C@H]2CC[C@]34C[C@@]23C=C[C@@H]2[C@@]3(C)CC=C5C[C@@H](c6ccccc6)OC[C@]5(C)[C@@H]3C[C@@H](O)[C@]24C)C(=O)O1)CO. The van der Waals surface area contributed by atoms with Crippen molar-refractivity contribution in [1.29, 1.82) is 0 Å². The van der Waals surface area contributed by atoms with Gasteiger partial charge in [0, 0.05) is 17.3 Å². The first-order chi connectivity index (χ1) is 20.5. The van der Waals surface area contributed by atoms with Crippen molar-refractivity contribution in [2.24, 2.45) is 50.7 Å². The number of hydrogen-bond donors (Lipinski definition) is 2. The third kappa shape index (κ3) is 3.48. The smallest absolute Gasteiger partial charge is 0.309 e. The van der Waals surface area contributed by atoms with Gasteiger partial charge in [-0.15, -0.1) is 0 Å². The summed E-state index contributed by atoms with van der Waals surface area (Å²) in [7, 11) is 0. The third-order valence-corrected chi connectivity index (χ3v) is 14.5. The number of carbonyl (C=O) groups is 1. The Kier molecular flexibility index (Phi) is 6.03. The highest BCUT2D eigenvalue weighted by atomic mass is 16.5. The summed E-state index contributed by atoms with van der Waals surface area (Å²) < 4.78 is 12.5. The van der Waals surface area contributed by atoms with Crippen molar-refractivity contribution < 1.29 is 24.5 Å². The highest BCUT2D eigenvalue weighted by molar-refractivity contribution is 5.76. The van der Waals surface area contributed by atoms with E-state index >= 15 is 0 Å². The second kappa shape index (κ2) is 9.17. The lowest BCUT2D eigenvalue weighted by Crippen LogP contribution is -2.64. The van der Waals surface area contributed by atoms with E-state index in [0.29, 0.717) is 18.9 Å². The fourth-order valence-electron chi connectivity index (χ4n) is 12.3. The van der Waals surface area contributed by atoms with E-state index in [1.54, 1.807) is 0 Å². The molecule has 2 aliphatic heterocycles. The number of rotatable bonds is 4. The number of allylic oxidation sites excluding steroid dienone is 3. The topological polar surface area (TPSA) is 76.0 Å². The Balaban J connectivity index is 1.11. The summed E-state index contributed by atoms with van der Waals surface area (Å²) in [4.78, 5) is 13.2. The average Bonchev–Trinajstić information content (AvgIpc) is 3.39. The maximum Gasteiger partial charge on any atom is 0.309 e. The molecule has 3 saturated carbocycles. The molecule has 0 unspecified atom stereocenters. The van der Waals surface area contributed by atoms with Crippen molar-refractivity contribution in [3.63, 3.8) is 0 Å². The van der Waals surface area contributed by atoms with E-state index in [1.807, 2.05) is 13.0 Å². The molecule has 0 spiro atoms. The van der Waals surface area contributed by atoms with Crippen LogP contribution in [0.5, 0.6) is 0 Å². The van der Waals surface area contributed by atoms with Gasteiger partial charge < -0.3 is 19.7 Å². The molecule has 0 bridgehead atoms. The van der Waals surface area contributed by atoms with Crippen LogP contribution >= 0.6 is 0 Å². The lowest BCUT2D eigenvalue weighted by atomic mass is 9.38. The Morgan fingerprint density at radius 2 is 1.93 bits per heavy atom. The van der Waals surface area contributed by atoms with Gasteiger partial charge in [0.25, 0.3) is 0 Å². The summed E-state index contributed by atoms with van der Waals surface area (Å²) in [6, 6.07) is 10.6. The van der Waals surface area contributed by atoms with Gasteiger partial charge in [0.05, 0.1) is 31.3 Å². The first kappa shape index (κ1) is 28.3. The molecule has 2 N–H and O–H groups in total. The standard InChI is InChI=1S/C38H48O5/c1-23(20-39)16-26-18-27(33(41)43-26)28-11-15-38-21-37(28,38)14-12-30-34(2)13-10-25-17-29(24-8-6-5-7-9-24)42-22-35(25,3)31(34)19-32(40)36(30,38)4/h5-10,12,14,16,26-32,39-40H,11,13,15,17-22H2,1-4H3/b23-16+/t26-,27-,28-,29+,30-,31-,32-,34-,35+,36+,37+,38-/m1/s1. The lowest BCUT2D eigenvalue weighted by Gasteiger charge is -2.67. The molecule has 5 nitrogen and oxygen atoms in total. The van der Waals surface area contributed by atoms with Crippen LogP contribution in [0.25, 0.3) is 0 Å². The highest BCUT2D eigenvalue weighted by Gasteiger charge is 2.84. The fourth-order valence-corrected chi connectivity index (χ4v) is 12.3. The third-order valence-electron chi connectivity index (χ3n) is 14.5. The van der Waals surface area contributed by atoms with Gasteiger partial charge in [0.1, 0.15) is 6.10 Å². The summed E-state index contributed by atoms with van der Waals surface area (Å²) >= 11 is 0. The highest BCUT2D eigenvalue weighted by Crippen LogP contribution is 2.89. The first-order valence-corrected chi connectivity index (χ1v) is 16.7. The zero-order chi connectivity index (χ0) is 30.0. The predicted octanol–water partition coefficient (Wildman–Crippen LogP) is 6.72. The number of cyclic esters (lactones) is 1. The second-order valence-corrected chi connectivity index (χ2v) is 16.1. The number of esters is 1. The van der Waals surface area contributed by atoms with Crippen LogP contribution in [0.15, 0.2) is 65.8 Å². The molecule has 43 heavy (non-hydrogen) atoms. The van der Waals surface area contributed by atoms with Gasteiger partial charge in [-0.25, -0.2) is 0 Å². The van der Waals surface area contributed by atoms with E-state index in [1.165, 1.54) is 11.1 Å². The monoisotopic (exact) mass is 584 g/mol. The molecule has 5 heteroatoms. The molecule has 230 valence electrons. The Hall–Kier alpha value is -2.21. The van der Waals surface area contributed by atoms with Gasteiger partial charge in [-0.3, -0.25) is 4.79 Å². The first-order valence-electron chi connectivity index (χ1n) is 16.7. The minimum absolute atomic E-state index is 0.00914. The van der Waals surface area contributed by atoms with E-state index < -0.39 is 0 Å². The molecule has 12 atom stereocenters. The van der Waals surface area contributed by atoms with Crippen LogP contribution in [0.1, 0.15) is 84.3 Å². The van der Waals surface area contributed by atoms with E-state index in [4.69, 9.17) is 9.47 Å². The minimum atomic E-state index is -0.386. The molecule has 2 saturated heterocycles. The summed E-state index contributed by atoms with van der Waals surface area (Å²) in [6.45, 7) is 9.90. The minimum Gasteiger partial charge on any atom is -0.458 e. The Morgan fingerprint density at radius 1 is 1.14 bits per heavy atom. The van der Waals surface area contributed by atoms with Crippen molar-refractivity contribution >= 4 is 5.97 Å². The molecule has 5 fully saturated rings. The van der Waals surface area contributed by atoms with Crippen molar-refractivity contribution in [2.45, 2.75) is 91.0 Å². The molecule has 1 aromatic carbocycles. The molecule has 5 aliphatic carbocycles. The molecular formula is C38H48O5. The number of carbonyl (C=O) groups excluding carboxylic acids is 1. The summed E-state index contributed by atoms with van der Waals surface area (Å²) in [5.74, 6) is 0.706. The van der Waals surface area contributed by atoms with Crippen LogP contribution in [0.4, 0.5) is 0 Å². The Bertz CT molecular complexity index is 1430. The molecule has 2 heterocycles. The van der Waals surface area contributed by atoms with Gasteiger partial charge >= 0.3 is 5.97 Å². The number of fused-ring (bicyclic) bond motifs is 5. The van der Waals surface area contributed by atoms with Gasteiger partial charge in [0.2, 0.25) is 0 Å². The zero-order valence-corrected chi connectivity index (χ0v) is 26.2. The average molecular weight is 585 g/mol. The molecule has 1 aromatic rings. The van der Waals surface area contributed by atoms with E-state index in [-0.39, 0.29) is 75.7 Å². The second-order valence-electron chi connectivity index (χ2n) is 16.1. The summed E-state index contributed by atoms with van der Waals surface area (Å²) in [5, 5.41) is 21.8. The number of aliphatic hydroxyl groups is 2. The van der Waals surface area contributed by atoms with Gasteiger partial charge in [-0.05, 0) is 96.7 Å². The van der Waals surface area contributed by atoms with Crippen molar-refractivity contribution in [1.82, 2.24) is 0 Å². The van der Waals surface area contributed by atoms with Crippen LogP contribution in [-0.2, 0) is 14.3 Å². The lowest BCUT2D eigenvalue weighted by molar-refractivity contribution is -0.199. The van der Waals surface area contributed by atoms with E-state index in [2.05, 4.69) is 69.3 Å². The quantitative estimate of drug-likeness (QED) is 0.304.